The fourth-order valence-electron chi connectivity index (χ4n) is 4.66. The van der Waals surface area contributed by atoms with Crippen molar-refractivity contribution in [2.45, 2.75) is 6.04 Å². The largest absolute Gasteiger partial charge is 0.507 e. The number of aliphatic hydroxyl groups excluding tert-OH is 1. The molecule has 36 heavy (non-hydrogen) atoms. The molecule has 2 fully saturated rings. The third-order valence-corrected chi connectivity index (χ3v) is 6.54. The van der Waals surface area contributed by atoms with Gasteiger partial charge in [-0.05, 0) is 35.9 Å². The van der Waals surface area contributed by atoms with Gasteiger partial charge in [0, 0.05) is 43.9 Å². The van der Waals surface area contributed by atoms with Crippen LogP contribution in [-0.2, 0) is 14.3 Å². The third kappa shape index (κ3) is 4.50. The van der Waals surface area contributed by atoms with Crippen molar-refractivity contribution in [3.05, 3.63) is 69.3 Å². The Kier molecular flexibility index (Phi) is 6.57. The number of benzene rings is 2. The number of non-ortho nitro benzene ring substituents is 1. The van der Waals surface area contributed by atoms with E-state index in [1.165, 1.54) is 29.2 Å². The first-order valence-corrected chi connectivity index (χ1v) is 11.7. The number of aliphatic hydroxyl groups is 1. The number of hydrogen-bond acceptors (Lipinski definition) is 9. The van der Waals surface area contributed by atoms with Crippen LogP contribution in [0.5, 0.6) is 11.5 Å². The van der Waals surface area contributed by atoms with Gasteiger partial charge in [0.15, 0.2) is 11.5 Å². The van der Waals surface area contributed by atoms with Crippen LogP contribution in [0.25, 0.3) is 5.76 Å². The number of rotatable bonds is 6. The molecule has 3 aliphatic rings. The summed E-state index contributed by atoms with van der Waals surface area (Å²) in [7, 11) is 0. The van der Waals surface area contributed by atoms with Crippen molar-refractivity contribution in [2.75, 3.05) is 52.6 Å². The lowest BCUT2D eigenvalue weighted by atomic mass is 9.95. The highest BCUT2D eigenvalue weighted by atomic mass is 16.6. The van der Waals surface area contributed by atoms with Crippen LogP contribution in [0.1, 0.15) is 17.2 Å². The smallest absolute Gasteiger partial charge is 0.295 e. The van der Waals surface area contributed by atoms with Crippen molar-refractivity contribution < 1.29 is 33.8 Å². The summed E-state index contributed by atoms with van der Waals surface area (Å²) in [4.78, 5) is 40.6. The maximum absolute atomic E-state index is 13.2. The van der Waals surface area contributed by atoms with E-state index in [-0.39, 0.29) is 23.6 Å². The monoisotopic (exact) mass is 495 g/mol. The molecule has 0 aromatic heterocycles. The van der Waals surface area contributed by atoms with E-state index in [2.05, 4.69) is 4.90 Å². The van der Waals surface area contributed by atoms with E-state index < -0.39 is 22.7 Å². The number of fused-ring (bicyclic) bond motifs is 1. The van der Waals surface area contributed by atoms with Gasteiger partial charge in [0.2, 0.25) is 0 Å². The van der Waals surface area contributed by atoms with Crippen molar-refractivity contribution in [3.63, 3.8) is 0 Å². The number of nitro groups is 1. The minimum absolute atomic E-state index is 0.0764. The number of nitro benzene ring substituents is 1. The lowest BCUT2D eigenvalue weighted by Gasteiger charge is -2.31. The van der Waals surface area contributed by atoms with E-state index in [4.69, 9.17) is 14.2 Å². The van der Waals surface area contributed by atoms with Gasteiger partial charge >= 0.3 is 0 Å². The Morgan fingerprint density at radius 1 is 0.972 bits per heavy atom. The zero-order valence-electron chi connectivity index (χ0n) is 19.4. The molecular formula is C25H25N3O8. The molecule has 1 unspecified atom stereocenters. The number of carbonyl (C=O) groups is 2. The second-order valence-electron chi connectivity index (χ2n) is 8.65. The van der Waals surface area contributed by atoms with Crippen LogP contribution >= 0.6 is 0 Å². The molecule has 5 rings (SSSR count). The number of morpholine rings is 1. The highest BCUT2D eigenvalue weighted by Crippen LogP contribution is 2.41. The minimum Gasteiger partial charge on any atom is -0.507 e. The normalized spacial score (nSPS) is 21.6. The van der Waals surface area contributed by atoms with E-state index in [1.807, 2.05) is 0 Å². The van der Waals surface area contributed by atoms with Crippen LogP contribution < -0.4 is 9.47 Å². The first kappa shape index (κ1) is 23.8. The molecule has 0 spiro atoms. The van der Waals surface area contributed by atoms with Gasteiger partial charge in [-0.1, -0.05) is 0 Å². The first-order valence-electron chi connectivity index (χ1n) is 11.7. The number of carbonyl (C=O) groups excluding carboxylic acids is 2. The summed E-state index contributed by atoms with van der Waals surface area (Å²) in [6.07, 6.45) is 0. The van der Waals surface area contributed by atoms with Crippen LogP contribution in [0.4, 0.5) is 5.69 Å². The average Bonchev–Trinajstić information content (AvgIpc) is 3.16. The predicted octanol–water partition coefficient (Wildman–Crippen LogP) is 2.12. The zero-order valence-corrected chi connectivity index (χ0v) is 19.4. The second kappa shape index (κ2) is 9.96. The SMILES string of the molecule is O=C1C(=O)N(CCN2CCOCC2)C(c2ccc([N+](=O)[O-])cc2)C1=C(O)c1ccc2c(c1)OCCO2. The lowest BCUT2D eigenvalue weighted by molar-refractivity contribution is -0.384. The highest BCUT2D eigenvalue weighted by molar-refractivity contribution is 6.46. The van der Waals surface area contributed by atoms with Gasteiger partial charge in [-0.2, -0.15) is 0 Å². The topological polar surface area (TPSA) is 132 Å². The maximum Gasteiger partial charge on any atom is 0.295 e. The van der Waals surface area contributed by atoms with Crippen LogP contribution in [-0.4, -0.2) is 84.1 Å². The molecule has 2 aromatic rings. The zero-order chi connectivity index (χ0) is 25.2. The maximum atomic E-state index is 13.2. The molecule has 1 atom stereocenters. The lowest BCUT2D eigenvalue weighted by Crippen LogP contribution is -2.42. The van der Waals surface area contributed by atoms with Crippen molar-refractivity contribution in [3.8, 4) is 11.5 Å². The summed E-state index contributed by atoms with van der Waals surface area (Å²) in [5.41, 5.74) is 0.599. The molecule has 11 heteroatoms. The van der Waals surface area contributed by atoms with Crippen molar-refractivity contribution in [1.82, 2.24) is 9.80 Å². The Balaban J connectivity index is 1.54. The van der Waals surface area contributed by atoms with Crippen LogP contribution in [0.2, 0.25) is 0 Å². The van der Waals surface area contributed by atoms with Gasteiger partial charge in [0.1, 0.15) is 19.0 Å². The summed E-state index contributed by atoms with van der Waals surface area (Å²) in [5, 5.41) is 22.4. The van der Waals surface area contributed by atoms with Gasteiger partial charge in [-0.3, -0.25) is 24.6 Å². The van der Waals surface area contributed by atoms with E-state index in [0.29, 0.717) is 68.7 Å². The second-order valence-corrected chi connectivity index (χ2v) is 8.65. The van der Waals surface area contributed by atoms with Gasteiger partial charge in [-0.15, -0.1) is 0 Å². The van der Waals surface area contributed by atoms with Crippen molar-refractivity contribution in [1.29, 1.82) is 0 Å². The van der Waals surface area contributed by atoms with Crippen molar-refractivity contribution >= 4 is 23.1 Å². The molecular weight excluding hydrogens is 470 g/mol. The number of amides is 1. The molecule has 3 heterocycles. The molecule has 0 aliphatic carbocycles. The number of ether oxygens (including phenoxy) is 3. The molecule has 0 bridgehead atoms. The van der Waals surface area contributed by atoms with E-state index in [9.17, 15) is 24.8 Å². The molecule has 1 amide bonds. The van der Waals surface area contributed by atoms with Gasteiger partial charge in [0.25, 0.3) is 17.4 Å². The molecule has 11 nitrogen and oxygen atoms in total. The first-order chi connectivity index (χ1) is 17.4. The molecule has 3 aliphatic heterocycles. The molecule has 2 saturated heterocycles. The Morgan fingerprint density at radius 2 is 1.67 bits per heavy atom. The summed E-state index contributed by atoms with van der Waals surface area (Å²) in [5.74, 6) is -0.935. The van der Waals surface area contributed by atoms with Crippen molar-refractivity contribution in [2.24, 2.45) is 0 Å². The van der Waals surface area contributed by atoms with Gasteiger partial charge < -0.3 is 24.2 Å². The molecule has 188 valence electrons. The Hall–Kier alpha value is -3.96. The fraction of sp³-hybridized carbons (Fsp3) is 0.360. The fourth-order valence-corrected chi connectivity index (χ4v) is 4.66. The van der Waals surface area contributed by atoms with Crippen LogP contribution in [0.3, 0.4) is 0 Å². The number of nitrogens with zero attached hydrogens (tertiary/aromatic N) is 3. The summed E-state index contributed by atoms with van der Waals surface area (Å²) in [6.45, 7) is 4.13. The number of Topliss-reactive ketones (excluding diaryl/α,β-unsaturated/α-hetero) is 1. The average molecular weight is 495 g/mol. The molecule has 0 radical (unpaired) electrons. The quantitative estimate of drug-likeness (QED) is 0.210. The minimum atomic E-state index is -0.903. The highest BCUT2D eigenvalue weighted by Gasteiger charge is 2.46. The Labute approximate surface area is 206 Å². The molecule has 2 aromatic carbocycles. The Morgan fingerprint density at radius 3 is 2.36 bits per heavy atom. The summed E-state index contributed by atoms with van der Waals surface area (Å²) < 4.78 is 16.5. The van der Waals surface area contributed by atoms with E-state index in [0.717, 1.165) is 0 Å². The van der Waals surface area contributed by atoms with Gasteiger partial charge in [0.05, 0.1) is 29.8 Å². The summed E-state index contributed by atoms with van der Waals surface area (Å²) in [6, 6.07) is 9.55. The number of ketones is 1. The number of likely N-dealkylation sites (tertiary alicyclic amines) is 1. The van der Waals surface area contributed by atoms with E-state index >= 15 is 0 Å². The van der Waals surface area contributed by atoms with Gasteiger partial charge in [-0.25, -0.2) is 0 Å². The van der Waals surface area contributed by atoms with Crippen LogP contribution in [0.15, 0.2) is 48.0 Å². The predicted molar refractivity (Wildman–Crippen MR) is 127 cm³/mol. The summed E-state index contributed by atoms with van der Waals surface area (Å²) >= 11 is 0. The van der Waals surface area contributed by atoms with E-state index in [1.54, 1.807) is 18.2 Å². The third-order valence-electron chi connectivity index (χ3n) is 6.54. The standard InChI is InChI=1S/C25H25N3O8/c29-23(17-3-6-19-20(15-17)36-14-13-35-19)21-22(16-1-4-18(5-2-16)28(32)33)27(25(31)24(21)30)8-7-26-9-11-34-12-10-26/h1-6,15,22,29H,7-14H2. The van der Waals surface area contributed by atoms with Crippen LogP contribution in [0, 0.1) is 10.1 Å². The molecule has 0 saturated carbocycles. The number of hydrogen-bond donors (Lipinski definition) is 1. The molecule has 1 N–H and O–H groups in total. The Bertz CT molecular complexity index is 1220.